The topological polar surface area (TPSA) is 74.8 Å². The van der Waals surface area contributed by atoms with E-state index in [4.69, 9.17) is 4.74 Å². The number of anilines is 1. The minimum atomic E-state index is -0.138. The lowest BCUT2D eigenvalue weighted by atomic mass is 10.2. The fraction of sp³-hybridized carbons (Fsp3) is 0.222. The number of nitrogens with one attached hydrogen (secondary N) is 3. The van der Waals surface area contributed by atoms with E-state index in [0.29, 0.717) is 12.5 Å². The van der Waals surface area contributed by atoms with Crippen LogP contribution in [0.1, 0.15) is 5.56 Å². The zero-order chi connectivity index (χ0) is 17.2. The summed E-state index contributed by atoms with van der Waals surface area (Å²) in [6.45, 7) is 0.671. The number of hydrogen-bond acceptors (Lipinski definition) is 3. The van der Waals surface area contributed by atoms with Crippen LogP contribution in [0, 0.1) is 0 Å². The molecule has 24 heavy (non-hydrogen) atoms. The molecule has 0 fully saturated rings. The zero-order valence-electron chi connectivity index (χ0n) is 13.9. The Bertz CT molecular complexity index is 686. The van der Waals surface area contributed by atoms with Crippen LogP contribution in [0.4, 0.5) is 5.69 Å². The van der Waals surface area contributed by atoms with E-state index in [1.165, 1.54) is 0 Å². The summed E-state index contributed by atoms with van der Waals surface area (Å²) in [6.07, 6.45) is 0. The van der Waals surface area contributed by atoms with Gasteiger partial charge in [0.15, 0.2) is 5.96 Å². The van der Waals surface area contributed by atoms with Crippen molar-refractivity contribution < 1.29 is 9.53 Å². The first-order chi connectivity index (χ1) is 11.7. The third-order valence-corrected chi connectivity index (χ3v) is 3.34. The lowest BCUT2D eigenvalue weighted by Crippen LogP contribution is -2.41. The summed E-state index contributed by atoms with van der Waals surface area (Å²) in [5.41, 5.74) is 1.78. The summed E-state index contributed by atoms with van der Waals surface area (Å²) in [7, 11) is 3.30. The van der Waals surface area contributed by atoms with E-state index in [0.717, 1.165) is 17.0 Å². The highest BCUT2D eigenvalue weighted by Gasteiger charge is 2.06. The smallest absolute Gasteiger partial charge is 0.243 e. The maximum absolute atomic E-state index is 11.9. The number of amides is 1. The predicted octanol–water partition coefficient (Wildman–Crippen LogP) is 2.00. The van der Waals surface area contributed by atoms with Gasteiger partial charge in [-0.05, 0) is 18.2 Å². The second-order valence-electron chi connectivity index (χ2n) is 5.01. The highest BCUT2D eigenvalue weighted by Crippen LogP contribution is 2.16. The Labute approximate surface area is 141 Å². The normalized spacial score (nSPS) is 10.8. The van der Waals surface area contributed by atoms with Gasteiger partial charge in [0.2, 0.25) is 5.91 Å². The molecule has 126 valence electrons. The number of rotatable bonds is 6. The highest BCUT2D eigenvalue weighted by molar-refractivity contribution is 5.94. The monoisotopic (exact) mass is 326 g/mol. The summed E-state index contributed by atoms with van der Waals surface area (Å²) < 4.78 is 5.31. The van der Waals surface area contributed by atoms with E-state index in [9.17, 15) is 4.79 Å². The number of carbonyl (C=O) groups is 1. The van der Waals surface area contributed by atoms with E-state index in [2.05, 4.69) is 20.9 Å². The van der Waals surface area contributed by atoms with E-state index in [-0.39, 0.29) is 12.5 Å². The number of carbonyl (C=O) groups excluding carboxylic acids is 1. The van der Waals surface area contributed by atoms with Crippen LogP contribution in [0.2, 0.25) is 0 Å². The number of guanidine groups is 1. The summed E-state index contributed by atoms with van der Waals surface area (Å²) in [5, 5.41) is 8.95. The fourth-order valence-electron chi connectivity index (χ4n) is 2.14. The number of nitrogens with zero attached hydrogens (tertiary/aromatic N) is 1. The summed E-state index contributed by atoms with van der Waals surface area (Å²) in [6, 6.07) is 17.1. The van der Waals surface area contributed by atoms with Crippen molar-refractivity contribution in [1.29, 1.82) is 0 Å². The molecular formula is C18H22N4O2. The summed E-state index contributed by atoms with van der Waals surface area (Å²) in [5.74, 6) is 1.22. The van der Waals surface area contributed by atoms with Crippen LogP contribution in [-0.4, -0.2) is 32.6 Å². The van der Waals surface area contributed by atoms with Crippen molar-refractivity contribution in [3.05, 3.63) is 60.2 Å². The van der Waals surface area contributed by atoms with Gasteiger partial charge in [0.05, 0.1) is 13.7 Å². The van der Waals surface area contributed by atoms with Crippen LogP contribution in [0.3, 0.4) is 0 Å². The van der Waals surface area contributed by atoms with E-state index in [1.54, 1.807) is 14.2 Å². The van der Waals surface area contributed by atoms with Crippen LogP contribution in [0.15, 0.2) is 59.6 Å². The van der Waals surface area contributed by atoms with Gasteiger partial charge < -0.3 is 20.7 Å². The van der Waals surface area contributed by atoms with Gasteiger partial charge >= 0.3 is 0 Å². The molecule has 6 nitrogen and oxygen atoms in total. The molecule has 0 spiro atoms. The average Bonchev–Trinajstić information content (AvgIpc) is 2.63. The Kier molecular flexibility index (Phi) is 6.64. The molecular weight excluding hydrogens is 304 g/mol. The number of ether oxygens (including phenoxy) is 1. The first-order valence-corrected chi connectivity index (χ1v) is 7.64. The quantitative estimate of drug-likeness (QED) is 0.561. The molecule has 0 saturated carbocycles. The van der Waals surface area contributed by atoms with Crippen LogP contribution in [0.5, 0.6) is 5.75 Å². The Balaban J connectivity index is 1.81. The van der Waals surface area contributed by atoms with Gasteiger partial charge in [0, 0.05) is 24.8 Å². The Morgan fingerprint density at radius 3 is 2.46 bits per heavy atom. The molecule has 0 heterocycles. The van der Waals surface area contributed by atoms with Crippen molar-refractivity contribution in [2.75, 3.05) is 26.0 Å². The minimum Gasteiger partial charge on any atom is -0.496 e. The molecule has 0 aliphatic carbocycles. The van der Waals surface area contributed by atoms with Crippen molar-refractivity contribution in [2.45, 2.75) is 6.54 Å². The largest absolute Gasteiger partial charge is 0.496 e. The maximum atomic E-state index is 11.9. The average molecular weight is 326 g/mol. The van der Waals surface area contributed by atoms with Gasteiger partial charge in [0.1, 0.15) is 5.75 Å². The molecule has 0 unspecified atom stereocenters. The Hall–Kier alpha value is -3.02. The standard InChI is InChI=1S/C18H22N4O2/c1-19-18(20-12-14-8-6-7-11-16(14)24-2)21-13-17(23)22-15-9-4-3-5-10-15/h3-11H,12-13H2,1-2H3,(H,22,23)(H2,19,20,21). The van der Waals surface area contributed by atoms with Gasteiger partial charge in [-0.2, -0.15) is 0 Å². The number of para-hydroxylation sites is 2. The Morgan fingerprint density at radius 2 is 1.75 bits per heavy atom. The lowest BCUT2D eigenvalue weighted by molar-refractivity contribution is -0.115. The molecule has 1 amide bonds. The molecule has 2 rings (SSSR count). The molecule has 0 aromatic heterocycles. The fourth-order valence-corrected chi connectivity index (χ4v) is 2.14. The van der Waals surface area contributed by atoms with Gasteiger partial charge in [-0.1, -0.05) is 36.4 Å². The van der Waals surface area contributed by atoms with E-state index in [1.807, 2.05) is 54.6 Å². The van der Waals surface area contributed by atoms with Crippen molar-refractivity contribution in [2.24, 2.45) is 4.99 Å². The molecule has 2 aromatic carbocycles. The first kappa shape index (κ1) is 17.3. The molecule has 6 heteroatoms. The molecule has 0 aliphatic heterocycles. The zero-order valence-corrected chi connectivity index (χ0v) is 13.9. The van der Waals surface area contributed by atoms with Crippen molar-refractivity contribution in [3.8, 4) is 5.75 Å². The van der Waals surface area contributed by atoms with Crippen LogP contribution < -0.4 is 20.7 Å². The summed E-state index contributed by atoms with van der Waals surface area (Å²) >= 11 is 0. The molecule has 2 aromatic rings. The van der Waals surface area contributed by atoms with E-state index < -0.39 is 0 Å². The Morgan fingerprint density at radius 1 is 1.04 bits per heavy atom. The van der Waals surface area contributed by atoms with Crippen molar-refractivity contribution in [1.82, 2.24) is 10.6 Å². The van der Waals surface area contributed by atoms with Gasteiger partial charge in [-0.25, -0.2) is 0 Å². The number of benzene rings is 2. The van der Waals surface area contributed by atoms with Gasteiger partial charge in [-0.3, -0.25) is 9.79 Å². The summed E-state index contributed by atoms with van der Waals surface area (Å²) in [4.78, 5) is 16.0. The highest BCUT2D eigenvalue weighted by atomic mass is 16.5. The van der Waals surface area contributed by atoms with Crippen LogP contribution >= 0.6 is 0 Å². The molecule has 0 radical (unpaired) electrons. The molecule has 0 atom stereocenters. The third kappa shape index (κ3) is 5.31. The molecule has 3 N–H and O–H groups in total. The molecule has 0 saturated heterocycles. The SMILES string of the molecule is CN=C(NCC(=O)Nc1ccccc1)NCc1ccccc1OC. The number of aliphatic imine (C=N–C) groups is 1. The second-order valence-corrected chi connectivity index (χ2v) is 5.01. The van der Waals surface area contributed by atoms with E-state index >= 15 is 0 Å². The van der Waals surface area contributed by atoms with Crippen molar-refractivity contribution >= 4 is 17.6 Å². The number of hydrogen-bond donors (Lipinski definition) is 3. The predicted molar refractivity (Wildman–Crippen MR) is 96.3 cm³/mol. The molecule has 0 aliphatic rings. The van der Waals surface area contributed by atoms with Crippen LogP contribution in [-0.2, 0) is 11.3 Å². The van der Waals surface area contributed by atoms with Gasteiger partial charge in [0.25, 0.3) is 0 Å². The maximum Gasteiger partial charge on any atom is 0.243 e. The van der Waals surface area contributed by atoms with Crippen LogP contribution in [0.25, 0.3) is 0 Å². The second kappa shape index (κ2) is 9.19. The number of methoxy groups -OCH3 is 1. The molecule has 0 bridgehead atoms. The first-order valence-electron chi connectivity index (χ1n) is 7.64. The van der Waals surface area contributed by atoms with Gasteiger partial charge in [-0.15, -0.1) is 0 Å². The third-order valence-electron chi connectivity index (χ3n) is 3.34. The van der Waals surface area contributed by atoms with Crippen molar-refractivity contribution in [3.63, 3.8) is 0 Å². The minimum absolute atomic E-state index is 0.125. The lowest BCUT2D eigenvalue weighted by Gasteiger charge is -2.13.